The van der Waals surface area contributed by atoms with Gasteiger partial charge in [0.2, 0.25) is 0 Å². The van der Waals surface area contributed by atoms with Gasteiger partial charge < -0.3 is 9.47 Å². The topological polar surface area (TPSA) is 76.7 Å². The molecule has 2 rings (SSSR count). The molecule has 6 nitrogen and oxygen atoms in total. The fraction of sp³-hybridized carbons (Fsp3) is 0.222. The molecule has 0 bridgehead atoms. The highest BCUT2D eigenvalue weighted by molar-refractivity contribution is 6.42. The molecule has 8 heteroatoms. The standard InChI is InChI=1S/C18H18Cl2N2O4/c1-10(2)26-15-7-5-12(9-16(15)25-3)18(24)22-21-17(23)11-4-6-13(19)14(20)8-11/h4-10H,1-3H3,(H,21,23)(H,22,24). The van der Waals surface area contributed by atoms with Gasteiger partial charge in [0.05, 0.1) is 23.3 Å². The number of carbonyl (C=O) groups excluding carboxylic acids is 2. The first-order valence-electron chi connectivity index (χ1n) is 7.72. The van der Waals surface area contributed by atoms with Crippen LogP contribution in [-0.4, -0.2) is 25.0 Å². The number of ether oxygens (including phenoxy) is 2. The van der Waals surface area contributed by atoms with Gasteiger partial charge in [0.15, 0.2) is 11.5 Å². The van der Waals surface area contributed by atoms with Crippen LogP contribution in [0.5, 0.6) is 11.5 Å². The Bertz CT molecular complexity index is 825. The molecule has 0 saturated carbocycles. The molecular weight excluding hydrogens is 379 g/mol. The number of hydrogen-bond donors (Lipinski definition) is 2. The Morgan fingerprint density at radius 3 is 2.00 bits per heavy atom. The predicted molar refractivity (Wildman–Crippen MR) is 100 cm³/mol. The van der Waals surface area contributed by atoms with E-state index in [-0.39, 0.29) is 16.7 Å². The van der Waals surface area contributed by atoms with Crippen molar-refractivity contribution in [2.75, 3.05) is 7.11 Å². The van der Waals surface area contributed by atoms with Crippen molar-refractivity contribution in [1.29, 1.82) is 0 Å². The number of halogens is 2. The Morgan fingerprint density at radius 1 is 0.885 bits per heavy atom. The molecule has 26 heavy (non-hydrogen) atoms. The molecular formula is C18H18Cl2N2O4. The number of carbonyl (C=O) groups is 2. The van der Waals surface area contributed by atoms with Gasteiger partial charge >= 0.3 is 0 Å². The first-order chi connectivity index (χ1) is 12.3. The summed E-state index contributed by atoms with van der Waals surface area (Å²) >= 11 is 11.7. The molecule has 138 valence electrons. The van der Waals surface area contributed by atoms with Crippen LogP contribution in [0.2, 0.25) is 10.0 Å². The first kappa shape index (κ1) is 19.9. The minimum atomic E-state index is -0.524. The smallest absolute Gasteiger partial charge is 0.269 e. The molecule has 2 N–H and O–H groups in total. The van der Waals surface area contributed by atoms with Crippen molar-refractivity contribution < 1.29 is 19.1 Å². The molecule has 0 spiro atoms. The highest BCUT2D eigenvalue weighted by atomic mass is 35.5. The van der Waals surface area contributed by atoms with Crippen molar-refractivity contribution in [3.8, 4) is 11.5 Å². The molecule has 2 aromatic carbocycles. The first-order valence-corrected chi connectivity index (χ1v) is 8.48. The minimum absolute atomic E-state index is 0.0333. The van der Waals surface area contributed by atoms with Crippen LogP contribution in [0.25, 0.3) is 0 Å². The van der Waals surface area contributed by atoms with Crippen molar-refractivity contribution >= 4 is 35.0 Å². The van der Waals surface area contributed by atoms with E-state index in [9.17, 15) is 9.59 Å². The van der Waals surface area contributed by atoms with E-state index in [2.05, 4.69) is 10.9 Å². The van der Waals surface area contributed by atoms with Gasteiger partial charge in [-0.3, -0.25) is 20.4 Å². The van der Waals surface area contributed by atoms with E-state index in [0.717, 1.165) is 0 Å². The normalized spacial score (nSPS) is 10.4. The average molecular weight is 397 g/mol. The summed E-state index contributed by atoms with van der Waals surface area (Å²) in [4.78, 5) is 24.3. The fourth-order valence-corrected chi connectivity index (χ4v) is 2.35. The lowest BCUT2D eigenvalue weighted by molar-refractivity contribution is 0.0846. The number of rotatable bonds is 5. The van der Waals surface area contributed by atoms with Gasteiger partial charge in [-0.05, 0) is 50.2 Å². The van der Waals surface area contributed by atoms with E-state index in [1.807, 2.05) is 13.8 Å². The second-order valence-corrected chi connectivity index (χ2v) is 6.38. The molecule has 0 aliphatic carbocycles. The van der Waals surface area contributed by atoms with E-state index in [1.165, 1.54) is 31.4 Å². The molecule has 2 aromatic rings. The van der Waals surface area contributed by atoms with Crippen LogP contribution in [0.1, 0.15) is 34.6 Å². The third kappa shape index (κ3) is 5.03. The quantitative estimate of drug-likeness (QED) is 0.752. The zero-order valence-electron chi connectivity index (χ0n) is 14.4. The molecule has 2 amide bonds. The summed E-state index contributed by atoms with van der Waals surface area (Å²) in [6.07, 6.45) is -0.0333. The number of hydrazine groups is 1. The number of amides is 2. The van der Waals surface area contributed by atoms with Crippen LogP contribution in [0.4, 0.5) is 0 Å². The minimum Gasteiger partial charge on any atom is -0.493 e. The van der Waals surface area contributed by atoms with Crippen molar-refractivity contribution in [2.45, 2.75) is 20.0 Å². The highest BCUT2D eigenvalue weighted by Crippen LogP contribution is 2.29. The molecule has 0 aromatic heterocycles. The van der Waals surface area contributed by atoms with Gasteiger partial charge in [-0.1, -0.05) is 23.2 Å². The Morgan fingerprint density at radius 2 is 1.46 bits per heavy atom. The Kier molecular flexibility index (Phi) is 6.71. The SMILES string of the molecule is COc1cc(C(=O)NNC(=O)c2ccc(Cl)c(Cl)c2)ccc1OC(C)C. The lowest BCUT2D eigenvalue weighted by atomic mass is 10.2. The maximum Gasteiger partial charge on any atom is 0.269 e. The second-order valence-electron chi connectivity index (χ2n) is 5.57. The molecule has 0 aliphatic heterocycles. The Balaban J connectivity index is 2.05. The van der Waals surface area contributed by atoms with Gasteiger partial charge in [-0.2, -0.15) is 0 Å². The van der Waals surface area contributed by atoms with Gasteiger partial charge in [-0.15, -0.1) is 0 Å². The van der Waals surface area contributed by atoms with Crippen LogP contribution < -0.4 is 20.3 Å². The molecule has 0 unspecified atom stereocenters. The average Bonchev–Trinajstić information content (AvgIpc) is 2.61. The van der Waals surface area contributed by atoms with Crippen LogP contribution in [0.3, 0.4) is 0 Å². The Labute approximate surface area is 161 Å². The van der Waals surface area contributed by atoms with Crippen LogP contribution in [0.15, 0.2) is 36.4 Å². The zero-order chi connectivity index (χ0) is 19.3. The Hall–Kier alpha value is -2.44. The molecule has 0 fully saturated rings. The largest absolute Gasteiger partial charge is 0.493 e. The van der Waals surface area contributed by atoms with Gasteiger partial charge in [-0.25, -0.2) is 0 Å². The van der Waals surface area contributed by atoms with E-state index in [4.69, 9.17) is 32.7 Å². The number of methoxy groups -OCH3 is 1. The molecule has 0 saturated heterocycles. The fourth-order valence-electron chi connectivity index (χ4n) is 2.06. The third-order valence-electron chi connectivity index (χ3n) is 3.26. The van der Waals surface area contributed by atoms with Gasteiger partial charge in [0, 0.05) is 11.1 Å². The van der Waals surface area contributed by atoms with Gasteiger partial charge in [0.1, 0.15) is 0 Å². The van der Waals surface area contributed by atoms with Crippen molar-refractivity contribution in [1.82, 2.24) is 10.9 Å². The van der Waals surface area contributed by atoms with Crippen molar-refractivity contribution in [3.05, 3.63) is 57.6 Å². The monoisotopic (exact) mass is 396 g/mol. The molecule has 0 atom stereocenters. The predicted octanol–water partition coefficient (Wildman–Crippen LogP) is 3.86. The number of nitrogens with one attached hydrogen (secondary N) is 2. The van der Waals surface area contributed by atoms with Crippen LogP contribution in [-0.2, 0) is 0 Å². The van der Waals surface area contributed by atoms with Crippen LogP contribution >= 0.6 is 23.2 Å². The summed E-state index contributed by atoms with van der Waals surface area (Å²) < 4.78 is 10.8. The highest BCUT2D eigenvalue weighted by Gasteiger charge is 2.14. The van der Waals surface area contributed by atoms with Gasteiger partial charge in [0.25, 0.3) is 11.8 Å². The molecule has 0 radical (unpaired) electrons. The maximum atomic E-state index is 12.2. The summed E-state index contributed by atoms with van der Waals surface area (Å²) in [5, 5.41) is 0.583. The summed E-state index contributed by atoms with van der Waals surface area (Å²) in [5.41, 5.74) is 5.21. The van der Waals surface area contributed by atoms with E-state index >= 15 is 0 Å². The van der Waals surface area contributed by atoms with E-state index in [1.54, 1.807) is 12.1 Å². The second kappa shape index (κ2) is 8.78. The summed E-state index contributed by atoms with van der Waals surface area (Å²) in [7, 11) is 1.48. The van der Waals surface area contributed by atoms with Crippen molar-refractivity contribution in [3.63, 3.8) is 0 Å². The van der Waals surface area contributed by atoms with E-state index < -0.39 is 11.8 Å². The summed E-state index contributed by atoms with van der Waals surface area (Å²) in [5.74, 6) is -0.0856. The lowest BCUT2D eigenvalue weighted by Gasteiger charge is -2.14. The number of benzene rings is 2. The maximum absolute atomic E-state index is 12.2. The summed E-state index contributed by atoms with van der Waals surface area (Å²) in [6.45, 7) is 3.78. The number of hydrogen-bond acceptors (Lipinski definition) is 4. The molecule has 0 heterocycles. The molecule has 0 aliphatic rings. The zero-order valence-corrected chi connectivity index (χ0v) is 15.9. The van der Waals surface area contributed by atoms with E-state index in [0.29, 0.717) is 22.1 Å². The van der Waals surface area contributed by atoms with Crippen molar-refractivity contribution in [2.24, 2.45) is 0 Å². The van der Waals surface area contributed by atoms with Crippen LogP contribution in [0, 0.1) is 0 Å². The summed E-state index contributed by atoms with van der Waals surface area (Å²) in [6, 6.07) is 9.13. The lowest BCUT2D eigenvalue weighted by Crippen LogP contribution is -2.41. The third-order valence-corrected chi connectivity index (χ3v) is 4.00.